The lowest BCUT2D eigenvalue weighted by Gasteiger charge is -2.22. The van der Waals surface area contributed by atoms with Crippen LogP contribution in [0.25, 0.3) is 150 Å². The smallest absolute Gasteiger partial charge is 0.148 e. The Labute approximate surface area is 635 Å². The lowest BCUT2D eigenvalue weighted by atomic mass is 9.82. The summed E-state index contributed by atoms with van der Waals surface area (Å²) in [6, 6.07) is 69.2. The van der Waals surface area contributed by atoms with Crippen LogP contribution in [0.2, 0.25) is 0 Å². The highest BCUT2D eigenvalue weighted by Crippen LogP contribution is 2.55. The number of fused-ring (bicyclic) bond motifs is 18. The van der Waals surface area contributed by atoms with Gasteiger partial charge in [0.1, 0.15) is 34.4 Å². The first kappa shape index (κ1) is 68.2. The molecule has 10 aromatic carbocycles. The topological polar surface area (TPSA) is 90.6 Å². The number of nitrogens with zero attached hydrogens (tertiary/aromatic N) is 9. The molecule has 0 saturated carbocycles. The summed E-state index contributed by atoms with van der Waals surface area (Å²) in [7, 11) is 0. The molecule has 9 heteroatoms. The molecule has 0 spiro atoms. The molecule has 6 heterocycles. The van der Waals surface area contributed by atoms with Crippen LogP contribution in [0.4, 0.5) is 0 Å². The van der Waals surface area contributed by atoms with E-state index in [0.717, 1.165) is 186 Å². The molecule has 0 bridgehead atoms. The van der Waals surface area contributed by atoms with E-state index in [9.17, 15) is 0 Å². The standard InChI is InChI=1S/C99H99N9/c1-91(2,3)88-103-76-43-55(34-37-67(76)85-100-79-46-70-73(49-82(79)106(85)88)97(16,17)52-94(70,10)11)61-28-22-25-31-64(61)58-40-59(65-32-26-23-29-62(65)56-35-38-68-77(44-56)104-89(92(4,5)6)107-83-50-74-71(47-80(83)101-86(68)107)95(12,13)53-98(74,18)19)42-60(41-58)66-33-27-24-30-63(66)57-36-39-69-78(45-57)105-90(93(7,8)9)108-84-51-75-72(48-81(84)102-87(69)108)96(14,15)54-99(75,20)21/h22-51H,52-54H2,1-21H3. The lowest BCUT2D eigenvalue weighted by molar-refractivity contribution is 0.403. The molecule has 0 radical (unpaired) electrons. The normalized spacial score (nSPS) is 17.1. The minimum Gasteiger partial charge on any atom is -0.279 e. The highest BCUT2D eigenvalue weighted by molar-refractivity contribution is 6.04. The molecule has 0 amide bonds. The van der Waals surface area contributed by atoms with Crippen LogP contribution in [0.5, 0.6) is 0 Å². The summed E-state index contributed by atoms with van der Waals surface area (Å²) < 4.78 is 7.09. The highest BCUT2D eigenvalue weighted by Gasteiger charge is 2.46. The SMILES string of the molecule is CC(C)(C)c1nc2cc(-c3ccccc3-c3cc(-c4ccccc4-c4ccc5c(c4)nc(C(C)(C)C)n4c6cc7c(cc6nc54)C(C)(C)CC7(C)C)cc(-c4ccccc4-c4ccc5c(c4)nc(C(C)(C)C)n4c6cc7c(cc6nc54)C(C)(C)CC7(C)C)c3)ccc2c2nc3cc4c(cc3n12)C(C)(C)CC4(C)C. The van der Waals surface area contributed by atoms with Crippen molar-refractivity contribution >= 4 is 82.8 Å². The van der Waals surface area contributed by atoms with Crippen LogP contribution in [0, 0.1) is 0 Å². The van der Waals surface area contributed by atoms with Gasteiger partial charge in [0.05, 0.1) is 49.7 Å². The fraction of sp³-hybridized carbons (Fsp3) is 0.333. The number of benzene rings is 10. The van der Waals surface area contributed by atoms with Crippen LogP contribution in [0.3, 0.4) is 0 Å². The van der Waals surface area contributed by atoms with E-state index in [1.807, 2.05) is 0 Å². The van der Waals surface area contributed by atoms with Gasteiger partial charge in [-0.1, -0.05) is 236 Å². The zero-order valence-corrected chi connectivity index (χ0v) is 67.0. The average molecular weight is 1410 g/mol. The quantitative estimate of drug-likeness (QED) is 0.165. The molecule has 0 unspecified atom stereocenters. The molecule has 9 nitrogen and oxygen atoms in total. The summed E-state index contributed by atoms with van der Waals surface area (Å²) in [4.78, 5) is 33.7. The summed E-state index contributed by atoms with van der Waals surface area (Å²) in [6.07, 6.45) is 3.29. The van der Waals surface area contributed by atoms with E-state index in [1.54, 1.807) is 0 Å². The van der Waals surface area contributed by atoms with Gasteiger partial charge in [0.2, 0.25) is 0 Å². The van der Waals surface area contributed by atoms with E-state index in [1.165, 1.54) is 33.4 Å². The van der Waals surface area contributed by atoms with E-state index in [4.69, 9.17) is 29.9 Å². The first-order valence-corrected chi connectivity index (χ1v) is 39.2. The van der Waals surface area contributed by atoms with Crippen molar-refractivity contribution in [3.63, 3.8) is 0 Å². The van der Waals surface area contributed by atoms with Gasteiger partial charge in [-0.05, 0) is 243 Å². The molecule has 19 rings (SSSR count). The Bertz CT molecular complexity index is 6000. The van der Waals surface area contributed by atoms with E-state index in [-0.39, 0.29) is 48.7 Å². The van der Waals surface area contributed by atoms with E-state index in [2.05, 4.69) is 341 Å². The van der Waals surface area contributed by atoms with Gasteiger partial charge in [-0.25, -0.2) is 29.9 Å². The van der Waals surface area contributed by atoms with E-state index < -0.39 is 0 Å². The van der Waals surface area contributed by atoms with E-state index in [0.29, 0.717) is 0 Å². The highest BCUT2D eigenvalue weighted by atomic mass is 15.1. The Morgan fingerprint density at radius 3 is 0.694 bits per heavy atom. The molecule has 3 aliphatic rings. The third kappa shape index (κ3) is 10.2. The number of aromatic nitrogens is 9. The predicted octanol–water partition coefficient (Wildman–Crippen LogP) is 25.5. The summed E-state index contributed by atoms with van der Waals surface area (Å²) >= 11 is 0. The van der Waals surface area contributed by atoms with Crippen molar-refractivity contribution in [1.29, 1.82) is 0 Å². The van der Waals surface area contributed by atoms with Crippen molar-refractivity contribution < 1.29 is 0 Å². The van der Waals surface area contributed by atoms with E-state index >= 15 is 0 Å². The molecule has 0 atom stereocenters. The molecule has 3 aliphatic carbocycles. The predicted molar refractivity (Wildman–Crippen MR) is 452 cm³/mol. The Hall–Kier alpha value is -10.4. The lowest BCUT2D eigenvalue weighted by Crippen LogP contribution is -2.19. The van der Waals surface area contributed by atoms with Gasteiger partial charge >= 0.3 is 0 Å². The number of rotatable bonds is 6. The van der Waals surface area contributed by atoms with Crippen LogP contribution >= 0.6 is 0 Å². The summed E-state index contributed by atoms with van der Waals surface area (Å²) in [6.45, 7) is 49.2. The van der Waals surface area contributed by atoms with Crippen molar-refractivity contribution in [3.05, 3.63) is 233 Å². The third-order valence-corrected chi connectivity index (χ3v) is 25.0. The third-order valence-electron chi connectivity index (χ3n) is 25.0. The van der Waals surface area contributed by atoms with Crippen molar-refractivity contribution in [2.45, 2.75) is 213 Å². The first-order valence-electron chi connectivity index (χ1n) is 39.2. The fourth-order valence-electron chi connectivity index (χ4n) is 20.8. The second kappa shape index (κ2) is 22.2. The minimum absolute atomic E-state index is 0.0419. The van der Waals surface area contributed by atoms with Crippen LogP contribution in [-0.2, 0) is 48.7 Å². The Balaban J connectivity index is 0.798. The molecule has 6 aromatic heterocycles. The van der Waals surface area contributed by atoms with Gasteiger partial charge in [-0.15, -0.1) is 0 Å². The molecular formula is C99H99N9. The zero-order valence-electron chi connectivity index (χ0n) is 67.0. The zero-order chi connectivity index (χ0) is 75.6. The van der Waals surface area contributed by atoms with Crippen LogP contribution < -0.4 is 0 Å². The number of hydrogen-bond donors (Lipinski definition) is 0. The van der Waals surface area contributed by atoms with Crippen molar-refractivity contribution in [1.82, 2.24) is 43.1 Å². The van der Waals surface area contributed by atoms with Gasteiger partial charge in [0, 0.05) is 32.4 Å². The monoisotopic (exact) mass is 1410 g/mol. The molecule has 0 saturated heterocycles. The molecule has 0 fully saturated rings. The Morgan fingerprint density at radius 2 is 0.463 bits per heavy atom. The van der Waals surface area contributed by atoms with Crippen LogP contribution in [-0.4, -0.2) is 43.1 Å². The minimum atomic E-state index is -0.295. The number of imidazole rings is 3. The Kier molecular flexibility index (Phi) is 14.0. The maximum absolute atomic E-state index is 5.70. The van der Waals surface area contributed by atoms with Crippen LogP contribution in [0.1, 0.15) is 216 Å². The first-order chi connectivity index (χ1) is 50.8. The second-order valence-electron chi connectivity index (χ2n) is 39.5. The Morgan fingerprint density at radius 1 is 0.241 bits per heavy atom. The molecule has 16 aromatic rings. The fourth-order valence-corrected chi connectivity index (χ4v) is 20.8. The molecule has 0 aliphatic heterocycles. The van der Waals surface area contributed by atoms with Gasteiger partial charge in [0.25, 0.3) is 0 Å². The van der Waals surface area contributed by atoms with Crippen molar-refractivity contribution in [2.24, 2.45) is 0 Å². The maximum atomic E-state index is 5.70. The van der Waals surface area contributed by atoms with Crippen molar-refractivity contribution in [3.8, 4) is 66.8 Å². The number of hydrogen-bond acceptors (Lipinski definition) is 6. The largest absolute Gasteiger partial charge is 0.279 e. The van der Waals surface area contributed by atoms with Gasteiger partial charge in [0.15, 0.2) is 0 Å². The van der Waals surface area contributed by atoms with Gasteiger partial charge < -0.3 is 0 Å². The molecular weight excluding hydrogens is 1320 g/mol. The molecule has 108 heavy (non-hydrogen) atoms. The maximum Gasteiger partial charge on any atom is 0.148 e. The van der Waals surface area contributed by atoms with Gasteiger partial charge in [-0.3, -0.25) is 13.2 Å². The van der Waals surface area contributed by atoms with Crippen molar-refractivity contribution in [2.75, 3.05) is 0 Å². The second-order valence-corrected chi connectivity index (χ2v) is 39.5. The average Bonchev–Trinajstić information content (AvgIpc) is 1.56. The summed E-state index contributed by atoms with van der Waals surface area (Å²) in [5.41, 5.74) is 33.2. The summed E-state index contributed by atoms with van der Waals surface area (Å²) in [5, 5.41) is 3.10. The van der Waals surface area contributed by atoms with Crippen LogP contribution in [0.15, 0.2) is 182 Å². The van der Waals surface area contributed by atoms with Gasteiger partial charge in [-0.2, -0.15) is 0 Å². The summed E-state index contributed by atoms with van der Waals surface area (Å²) in [5.74, 6) is 2.99. The molecule has 540 valence electrons. The molecule has 0 N–H and O–H groups in total.